The van der Waals surface area contributed by atoms with Crippen molar-refractivity contribution in [3.05, 3.63) is 57.9 Å². The van der Waals surface area contributed by atoms with Crippen LogP contribution in [-0.4, -0.2) is 24.6 Å². The number of amides is 1. The molecule has 0 atom stereocenters. The second-order valence-electron chi connectivity index (χ2n) is 6.61. The number of nitrogens with zero attached hydrogens (tertiary/aromatic N) is 1. The second-order valence-corrected chi connectivity index (χ2v) is 7.85. The fourth-order valence-electron chi connectivity index (χ4n) is 2.91. The highest BCUT2D eigenvalue weighted by Crippen LogP contribution is 2.32. The number of halogens is 1. The van der Waals surface area contributed by atoms with E-state index in [-0.39, 0.29) is 5.91 Å². The van der Waals surface area contributed by atoms with Crippen molar-refractivity contribution in [3.63, 3.8) is 0 Å². The normalized spacial score (nSPS) is 10.6. The smallest absolute Gasteiger partial charge is 0.226 e. The number of nitrogens with one attached hydrogen (secondary N) is 1. The van der Waals surface area contributed by atoms with Gasteiger partial charge in [0.25, 0.3) is 0 Å². The van der Waals surface area contributed by atoms with Crippen molar-refractivity contribution in [1.82, 2.24) is 4.98 Å². The standard InChI is InChI=1S/C22H23ClN2O3S/c1-14-11-16(12-15(2)21(14)23)28-10-6-9-20(26)25-22-24-18(13-29-22)17-7-4-5-8-19(17)27-3/h4-5,7-8,11-13H,6,9-10H2,1-3H3,(H,24,25,26). The number of ether oxygens (including phenoxy) is 2. The molecule has 3 aromatic rings. The van der Waals surface area contributed by atoms with Crippen molar-refractivity contribution < 1.29 is 14.3 Å². The van der Waals surface area contributed by atoms with Crippen molar-refractivity contribution >= 4 is 34.0 Å². The van der Waals surface area contributed by atoms with Crippen molar-refractivity contribution in [2.75, 3.05) is 19.0 Å². The number of hydrogen-bond donors (Lipinski definition) is 1. The van der Waals surface area contributed by atoms with Gasteiger partial charge in [0.05, 0.1) is 19.4 Å². The largest absolute Gasteiger partial charge is 0.496 e. The summed E-state index contributed by atoms with van der Waals surface area (Å²) in [5, 5.41) is 6.08. The average molecular weight is 431 g/mol. The van der Waals surface area contributed by atoms with Crippen LogP contribution in [0.2, 0.25) is 5.02 Å². The number of benzene rings is 2. The highest BCUT2D eigenvalue weighted by atomic mass is 35.5. The Morgan fingerprint density at radius 3 is 2.66 bits per heavy atom. The van der Waals surface area contributed by atoms with E-state index in [1.165, 1.54) is 11.3 Å². The molecule has 1 amide bonds. The van der Waals surface area contributed by atoms with Gasteiger partial charge >= 0.3 is 0 Å². The topological polar surface area (TPSA) is 60.5 Å². The van der Waals surface area contributed by atoms with Crippen LogP contribution in [0, 0.1) is 13.8 Å². The Morgan fingerprint density at radius 2 is 1.93 bits per heavy atom. The van der Waals surface area contributed by atoms with Crippen LogP contribution in [0.3, 0.4) is 0 Å². The Labute approximate surface area is 179 Å². The maximum atomic E-state index is 12.2. The molecule has 3 rings (SSSR count). The Bertz CT molecular complexity index is 980. The van der Waals surface area contributed by atoms with Crippen LogP contribution in [0.25, 0.3) is 11.3 Å². The van der Waals surface area contributed by atoms with Crippen LogP contribution < -0.4 is 14.8 Å². The van der Waals surface area contributed by atoms with Gasteiger partial charge in [0.1, 0.15) is 11.5 Å². The van der Waals surface area contributed by atoms with Crippen molar-refractivity contribution in [2.45, 2.75) is 26.7 Å². The van der Waals surface area contributed by atoms with Gasteiger partial charge in [-0.2, -0.15) is 0 Å². The first-order valence-electron chi connectivity index (χ1n) is 9.26. The molecule has 29 heavy (non-hydrogen) atoms. The molecule has 1 aromatic heterocycles. The van der Waals surface area contributed by atoms with Gasteiger partial charge in [-0.05, 0) is 55.7 Å². The molecule has 0 aliphatic rings. The van der Waals surface area contributed by atoms with Crippen LogP contribution in [0.15, 0.2) is 41.8 Å². The van der Waals surface area contributed by atoms with Gasteiger partial charge in [0, 0.05) is 22.4 Å². The molecule has 0 aliphatic heterocycles. The maximum Gasteiger partial charge on any atom is 0.226 e. The number of thiazole rings is 1. The van der Waals surface area contributed by atoms with E-state index in [2.05, 4.69) is 10.3 Å². The monoisotopic (exact) mass is 430 g/mol. The minimum Gasteiger partial charge on any atom is -0.496 e. The zero-order valence-electron chi connectivity index (χ0n) is 16.6. The quantitative estimate of drug-likeness (QED) is 0.453. The van der Waals surface area contributed by atoms with E-state index < -0.39 is 0 Å². The van der Waals surface area contributed by atoms with Gasteiger partial charge in [-0.1, -0.05) is 23.7 Å². The molecule has 5 nitrogen and oxygen atoms in total. The lowest BCUT2D eigenvalue weighted by molar-refractivity contribution is -0.116. The molecule has 1 heterocycles. The summed E-state index contributed by atoms with van der Waals surface area (Å²) < 4.78 is 11.1. The molecule has 0 aliphatic carbocycles. The Morgan fingerprint density at radius 1 is 1.21 bits per heavy atom. The molecule has 152 valence electrons. The zero-order valence-corrected chi connectivity index (χ0v) is 18.2. The molecular formula is C22H23ClN2O3S. The van der Waals surface area contributed by atoms with Crippen molar-refractivity contribution in [3.8, 4) is 22.8 Å². The number of rotatable bonds is 8. The third-order valence-electron chi connectivity index (χ3n) is 4.36. The maximum absolute atomic E-state index is 12.2. The van der Waals surface area contributed by atoms with Gasteiger partial charge in [-0.15, -0.1) is 11.3 Å². The summed E-state index contributed by atoms with van der Waals surface area (Å²) in [6.45, 7) is 4.35. The van der Waals surface area contributed by atoms with E-state index in [9.17, 15) is 4.79 Å². The van der Waals surface area contributed by atoms with Crippen LogP contribution in [-0.2, 0) is 4.79 Å². The number of methoxy groups -OCH3 is 1. The Hall–Kier alpha value is -2.57. The molecule has 0 radical (unpaired) electrons. The number of carbonyl (C=O) groups excluding carboxylic acids is 1. The van der Waals surface area contributed by atoms with E-state index in [0.717, 1.165) is 38.9 Å². The molecule has 0 fully saturated rings. The fourth-order valence-corrected chi connectivity index (χ4v) is 3.74. The van der Waals surface area contributed by atoms with Gasteiger partial charge in [-0.25, -0.2) is 4.98 Å². The molecule has 7 heteroatoms. The summed E-state index contributed by atoms with van der Waals surface area (Å²) in [4.78, 5) is 16.7. The van der Waals surface area contributed by atoms with Crippen LogP contribution in [0.1, 0.15) is 24.0 Å². The van der Waals surface area contributed by atoms with E-state index in [1.807, 2.05) is 55.6 Å². The number of carbonyl (C=O) groups is 1. The molecule has 2 aromatic carbocycles. The lowest BCUT2D eigenvalue weighted by Gasteiger charge is -2.10. The number of hydrogen-bond acceptors (Lipinski definition) is 5. The predicted molar refractivity (Wildman–Crippen MR) is 118 cm³/mol. The van der Waals surface area contributed by atoms with Gasteiger partial charge < -0.3 is 14.8 Å². The minimum atomic E-state index is -0.0852. The molecule has 0 saturated heterocycles. The van der Waals surface area contributed by atoms with Gasteiger partial charge in [0.2, 0.25) is 5.91 Å². The summed E-state index contributed by atoms with van der Waals surface area (Å²) >= 11 is 7.56. The zero-order chi connectivity index (χ0) is 20.8. The molecule has 0 saturated carbocycles. The Balaban J connectivity index is 1.49. The van der Waals surface area contributed by atoms with E-state index in [0.29, 0.717) is 24.6 Å². The summed E-state index contributed by atoms with van der Waals surface area (Å²) in [5.74, 6) is 1.43. The van der Waals surface area contributed by atoms with Crippen LogP contribution in [0.5, 0.6) is 11.5 Å². The SMILES string of the molecule is COc1ccccc1-c1csc(NC(=O)CCCOc2cc(C)c(Cl)c(C)c2)n1. The number of aromatic nitrogens is 1. The lowest BCUT2D eigenvalue weighted by Crippen LogP contribution is -2.12. The summed E-state index contributed by atoms with van der Waals surface area (Å²) in [5.41, 5.74) is 3.64. The highest BCUT2D eigenvalue weighted by Gasteiger charge is 2.11. The molecule has 0 bridgehead atoms. The molecule has 0 unspecified atom stereocenters. The third-order valence-corrected chi connectivity index (χ3v) is 5.71. The van der Waals surface area contributed by atoms with Crippen molar-refractivity contribution in [2.24, 2.45) is 0 Å². The lowest BCUT2D eigenvalue weighted by atomic mass is 10.1. The predicted octanol–water partition coefficient (Wildman–Crippen LogP) is 5.89. The molecule has 0 spiro atoms. The van der Waals surface area contributed by atoms with Gasteiger partial charge in [-0.3, -0.25) is 4.79 Å². The van der Waals surface area contributed by atoms with Crippen molar-refractivity contribution in [1.29, 1.82) is 0 Å². The van der Waals surface area contributed by atoms with Crippen LogP contribution in [0.4, 0.5) is 5.13 Å². The Kier molecular flexibility index (Phi) is 7.12. The first-order chi connectivity index (χ1) is 14.0. The van der Waals surface area contributed by atoms with Crippen LogP contribution >= 0.6 is 22.9 Å². The van der Waals surface area contributed by atoms with E-state index in [4.69, 9.17) is 21.1 Å². The number of aryl methyl sites for hydroxylation is 2. The molecular weight excluding hydrogens is 408 g/mol. The average Bonchev–Trinajstić information content (AvgIpc) is 3.17. The fraction of sp³-hybridized carbons (Fsp3) is 0.273. The van der Waals surface area contributed by atoms with E-state index >= 15 is 0 Å². The van der Waals surface area contributed by atoms with E-state index in [1.54, 1.807) is 7.11 Å². The number of para-hydroxylation sites is 1. The summed E-state index contributed by atoms with van der Waals surface area (Å²) in [6, 6.07) is 11.5. The number of anilines is 1. The summed E-state index contributed by atoms with van der Waals surface area (Å²) in [7, 11) is 1.63. The third kappa shape index (κ3) is 5.49. The summed E-state index contributed by atoms with van der Waals surface area (Å²) in [6.07, 6.45) is 0.965. The highest BCUT2D eigenvalue weighted by molar-refractivity contribution is 7.14. The first-order valence-corrected chi connectivity index (χ1v) is 10.5. The minimum absolute atomic E-state index is 0.0852. The van der Waals surface area contributed by atoms with Gasteiger partial charge in [0.15, 0.2) is 5.13 Å². The first kappa shape index (κ1) is 21.1. The molecule has 1 N–H and O–H groups in total. The second kappa shape index (κ2) is 9.76.